The number of aromatic nitrogens is 3. The van der Waals surface area contributed by atoms with Gasteiger partial charge in [0.05, 0.1) is 12.5 Å². The first-order valence-corrected chi connectivity index (χ1v) is 11.1. The fourth-order valence-electron chi connectivity index (χ4n) is 3.58. The summed E-state index contributed by atoms with van der Waals surface area (Å²) in [7, 11) is 0. The average Bonchev–Trinajstić information content (AvgIpc) is 3.66. The van der Waals surface area contributed by atoms with Crippen molar-refractivity contribution in [2.75, 3.05) is 5.32 Å². The van der Waals surface area contributed by atoms with Crippen LogP contribution in [0.1, 0.15) is 41.3 Å². The van der Waals surface area contributed by atoms with E-state index < -0.39 is 23.3 Å². The molecule has 1 saturated carbocycles. The zero-order valence-corrected chi connectivity index (χ0v) is 19.0. The molecule has 0 aliphatic heterocycles. The van der Waals surface area contributed by atoms with Crippen molar-refractivity contribution in [3.63, 3.8) is 0 Å². The van der Waals surface area contributed by atoms with Crippen molar-refractivity contribution in [2.45, 2.75) is 39.8 Å². The van der Waals surface area contributed by atoms with E-state index in [-0.39, 0.29) is 30.7 Å². The highest BCUT2D eigenvalue weighted by Crippen LogP contribution is 2.32. The highest BCUT2D eigenvalue weighted by molar-refractivity contribution is 5.99. The maximum absolute atomic E-state index is 13.3. The smallest absolute Gasteiger partial charge is 0.354 e. The van der Waals surface area contributed by atoms with Crippen molar-refractivity contribution in [3.8, 4) is 0 Å². The number of carbonyl (C=O) groups excluding carboxylic acids is 1. The lowest BCUT2D eigenvalue weighted by Crippen LogP contribution is -2.44. The number of carboxylic acids is 1. The number of aryl methyl sites for hydroxylation is 1. The van der Waals surface area contributed by atoms with Gasteiger partial charge in [0.2, 0.25) is 5.95 Å². The van der Waals surface area contributed by atoms with Gasteiger partial charge in [-0.2, -0.15) is 4.98 Å². The molecule has 1 aliphatic rings. The van der Waals surface area contributed by atoms with Crippen molar-refractivity contribution < 1.29 is 14.7 Å². The quantitative estimate of drug-likeness (QED) is 0.469. The van der Waals surface area contributed by atoms with E-state index in [0.29, 0.717) is 11.3 Å². The summed E-state index contributed by atoms with van der Waals surface area (Å²) in [6, 6.07) is 14.4. The van der Waals surface area contributed by atoms with E-state index in [1.165, 1.54) is 11.5 Å². The van der Waals surface area contributed by atoms with E-state index in [1.807, 2.05) is 31.2 Å². The number of hydrogen-bond acceptors (Lipinski definition) is 6. The summed E-state index contributed by atoms with van der Waals surface area (Å²) in [6.07, 6.45) is 1.84. The number of nitrogens with one attached hydrogen (secondary N) is 1. The molecule has 1 aromatic heterocycles. The zero-order valence-electron chi connectivity index (χ0n) is 19.0. The van der Waals surface area contributed by atoms with Gasteiger partial charge in [0.1, 0.15) is 0 Å². The Hall–Kier alpha value is -4.01. The molecule has 4 rings (SSSR count). The van der Waals surface area contributed by atoms with E-state index in [1.54, 1.807) is 24.3 Å². The zero-order chi connectivity index (χ0) is 24.4. The normalized spacial score (nSPS) is 13.9. The summed E-state index contributed by atoms with van der Waals surface area (Å²) in [4.78, 5) is 53.5. The Morgan fingerprint density at radius 1 is 1.06 bits per heavy atom. The van der Waals surface area contributed by atoms with Crippen LogP contribution >= 0.6 is 0 Å². The number of carboxylic acid groups (broad SMARTS) is 1. The molecule has 9 nitrogen and oxygen atoms in total. The molecule has 1 heterocycles. The second-order valence-electron chi connectivity index (χ2n) is 8.76. The summed E-state index contributed by atoms with van der Waals surface area (Å²) < 4.78 is 2.15. The van der Waals surface area contributed by atoms with Crippen LogP contribution in [0.4, 0.5) is 11.6 Å². The van der Waals surface area contributed by atoms with Gasteiger partial charge in [-0.25, -0.2) is 14.2 Å². The molecule has 9 heteroatoms. The molecule has 0 amide bonds. The molecular weight excluding hydrogens is 436 g/mol. The molecule has 176 valence electrons. The lowest BCUT2D eigenvalue weighted by atomic mass is 10.1. The molecule has 1 fully saturated rings. The summed E-state index contributed by atoms with van der Waals surface area (Å²) in [5.41, 5.74) is 1.58. The Kier molecular flexibility index (Phi) is 6.45. The Labute approximate surface area is 195 Å². The molecule has 2 aromatic carbocycles. The van der Waals surface area contributed by atoms with Crippen molar-refractivity contribution in [1.29, 1.82) is 0 Å². The third-order valence-electron chi connectivity index (χ3n) is 5.86. The number of anilines is 2. The molecule has 0 bridgehead atoms. The predicted octanol–water partition coefficient (Wildman–Crippen LogP) is 2.82. The highest BCUT2D eigenvalue weighted by atomic mass is 16.4. The molecular formula is C25H26N4O5. The van der Waals surface area contributed by atoms with Crippen LogP contribution in [0.5, 0.6) is 0 Å². The first-order chi connectivity index (χ1) is 16.2. The first kappa shape index (κ1) is 23.2. The van der Waals surface area contributed by atoms with Gasteiger partial charge in [0.25, 0.3) is 0 Å². The monoisotopic (exact) mass is 462 g/mol. The van der Waals surface area contributed by atoms with Gasteiger partial charge in [-0.3, -0.25) is 14.2 Å². The number of hydrogen-bond donors (Lipinski definition) is 2. The lowest BCUT2D eigenvalue weighted by molar-refractivity contribution is -0.141. The van der Waals surface area contributed by atoms with Crippen LogP contribution in [0.3, 0.4) is 0 Å². The van der Waals surface area contributed by atoms with Gasteiger partial charge in [-0.1, -0.05) is 36.8 Å². The van der Waals surface area contributed by atoms with Gasteiger partial charge < -0.3 is 10.4 Å². The third-order valence-corrected chi connectivity index (χ3v) is 5.86. The predicted molar refractivity (Wildman–Crippen MR) is 127 cm³/mol. The summed E-state index contributed by atoms with van der Waals surface area (Å²) in [5, 5.41) is 12.2. The number of rotatable bonds is 9. The summed E-state index contributed by atoms with van der Waals surface area (Å²) >= 11 is 0. The van der Waals surface area contributed by atoms with E-state index >= 15 is 0 Å². The molecule has 1 atom stereocenters. The molecule has 0 unspecified atom stereocenters. The molecule has 0 radical (unpaired) electrons. The van der Waals surface area contributed by atoms with E-state index in [4.69, 9.17) is 0 Å². The van der Waals surface area contributed by atoms with Crippen LogP contribution in [0.25, 0.3) is 0 Å². The van der Waals surface area contributed by atoms with Crippen molar-refractivity contribution in [3.05, 3.63) is 86.2 Å². The molecule has 0 saturated heterocycles. The number of aliphatic carboxylic acids is 1. The Morgan fingerprint density at radius 2 is 1.71 bits per heavy atom. The minimum absolute atomic E-state index is 0.0380. The standard InChI is InChI=1S/C25H26N4O5/c1-15-3-5-17(6-4-15)14-28-23(27-24(33)29(25(28)34)13-16(2)22(31)32)26-20-11-9-19(10-12-20)21(30)18-7-8-18/h3-6,9-12,16,18H,7-8,13-14H2,1-2H3,(H,31,32)(H,26,27,33)/t16-/m0/s1. The minimum Gasteiger partial charge on any atom is -0.481 e. The van der Waals surface area contributed by atoms with E-state index in [2.05, 4.69) is 10.3 Å². The van der Waals surface area contributed by atoms with Gasteiger partial charge >= 0.3 is 17.3 Å². The number of nitrogens with zero attached hydrogens (tertiary/aromatic N) is 3. The van der Waals surface area contributed by atoms with Crippen LogP contribution in [-0.2, 0) is 17.9 Å². The maximum Gasteiger partial charge on any atom is 0.354 e. The minimum atomic E-state index is -1.11. The van der Waals surface area contributed by atoms with Crippen LogP contribution in [0.2, 0.25) is 0 Å². The third kappa shape index (κ3) is 5.14. The van der Waals surface area contributed by atoms with Crippen LogP contribution in [-0.4, -0.2) is 31.0 Å². The van der Waals surface area contributed by atoms with E-state index in [9.17, 15) is 24.3 Å². The molecule has 34 heavy (non-hydrogen) atoms. The molecule has 0 spiro atoms. The van der Waals surface area contributed by atoms with Crippen molar-refractivity contribution in [2.24, 2.45) is 11.8 Å². The fourth-order valence-corrected chi connectivity index (χ4v) is 3.58. The SMILES string of the molecule is Cc1ccc(Cn2c(Nc3ccc(C(=O)C4CC4)cc3)nc(=O)n(C[C@H](C)C(=O)O)c2=O)cc1. The van der Waals surface area contributed by atoms with Gasteiger partial charge in [0, 0.05) is 23.7 Å². The van der Waals surface area contributed by atoms with Crippen LogP contribution in [0, 0.1) is 18.8 Å². The second kappa shape index (κ2) is 9.46. The number of benzene rings is 2. The molecule has 2 N–H and O–H groups in total. The molecule has 3 aromatic rings. The Morgan fingerprint density at radius 3 is 2.29 bits per heavy atom. The van der Waals surface area contributed by atoms with Gasteiger partial charge in [-0.15, -0.1) is 0 Å². The number of carbonyl (C=O) groups is 2. The second-order valence-corrected chi connectivity index (χ2v) is 8.76. The average molecular weight is 463 g/mol. The number of ketones is 1. The van der Waals surface area contributed by atoms with Crippen LogP contribution in [0.15, 0.2) is 58.1 Å². The topological polar surface area (TPSA) is 123 Å². The largest absolute Gasteiger partial charge is 0.481 e. The Bertz CT molecular complexity index is 1340. The highest BCUT2D eigenvalue weighted by Gasteiger charge is 2.30. The summed E-state index contributed by atoms with van der Waals surface area (Å²) in [6.45, 7) is 3.23. The summed E-state index contributed by atoms with van der Waals surface area (Å²) in [5.74, 6) is -1.78. The maximum atomic E-state index is 13.3. The fraction of sp³-hybridized carbons (Fsp3) is 0.320. The van der Waals surface area contributed by atoms with Gasteiger partial charge in [-0.05, 0) is 49.6 Å². The number of Topliss-reactive ketones (excluding diaryl/α,β-unsaturated/α-hetero) is 1. The van der Waals surface area contributed by atoms with Crippen molar-refractivity contribution >= 4 is 23.4 Å². The Balaban J connectivity index is 1.70. The van der Waals surface area contributed by atoms with E-state index in [0.717, 1.165) is 28.5 Å². The molecule has 1 aliphatic carbocycles. The van der Waals surface area contributed by atoms with Gasteiger partial charge in [0.15, 0.2) is 5.78 Å². The van der Waals surface area contributed by atoms with Crippen molar-refractivity contribution in [1.82, 2.24) is 14.1 Å². The first-order valence-electron chi connectivity index (χ1n) is 11.1. The lowest BCUT2D eigenvalue weighted by Gasteiger charge is -2.17. The van der Waals surface area contributed by atoms with Crippen LogP contribution < -0.4 is 16.7 Å².